The SMILES string of the molecule is c1ccc(-c2cc(-n3c4ccc5sc6ccccc6c5c4c4c5c(ccc43)sc3ccccc35)nc(-c3ccccc3)n2)cc1. The van der Waals surface area contributed by atoms with E-state index in [1.165, 1.54) is 51.1 Å². The van der Waals surface area contributed by atoms with Gasteiger partial charge >= 0.3 is 0 Å². The molecule has 6 aromatic carbocycles. The summed E-state index contributed by atoms with van der Waals surface area (Å²) in [7, 11) is 0. The van der Waals surface area contributed by atoms with E-state index in [1.54, 1.807) is 0 Å². The zero-order valence-electron chi connectivity index (χ0n) is 23.9. The number of thiophene rings is 2. The smallest absolute Gasteiger partial charge is 0.162 e. The highest BCUT2D eigenvalue weighted by Gasteiger charge is 2.23. The average Bonchev–Trinajstić information content (AvgIpc) is 3.78. The first kappa shape index (κ1) is 25.0. The number of aromatic nitrogens is 3. The van der Waals surface area contributed by atoms with Gasteiger partial charge in [0.05, 0.1) is 16.7 Å². The van der Waals surface area contributed by atoms with Crippen LogP contribution in [0.15, 0.2) is 140 Å². The van der Waals surface area contributed by atoms with Gasteiger partial charge in [0.15, 0.2) is 5.82 Å². The molecule has 10 rings (SSSR count). The Morgan fingerprint density at radius 1 is 0.422 bits per heavy atom. The van der Waals surface area contributed by atoms with Crippen LogP contribution in [0.2, 0.25) is 0 Å². The molecule has 0 unspecified atom stereocenters. The van der Waals surface area contributed by atoms with Gasteiger partial charge in [0.1, 0.15) is 5.82 Å². The first-order chi connectivity index (χ1) is 22.3. The first-order valence-electron chi connectivity index (χ1n) is 15.0. The summed E-state index contributed by atoms with van der Waals surface area (Å²) in [6.07, 6.45) is 0. The lowest BCUT2D eigenvalue weighted by Crippen LogP contribution is -2.02. The molecule has 210 valence electrons. The van der Waals surface area contributed by atoms with Crippen molar-refractivity contribution in [2.45, 2.75) is 0 Å². The van der Waals surface area contributed by atoms with Crippen LogP contribution in [0, 0.1) is 0 Å². The van der Waals surface area contributed by atoms with E-state index in [2.05, 4.69) is 120 Å². The molecule has 0 bridgehead atoms. The zero-order valence-corrected chi connectivity index (χ0v) is 25.6. The first-order valence-corrected chi connectivity index (χ1v) is 16.6. The highest BCUT2D eigenvalue weighted by molar-refractivity contribution is 7.26. The van der Waals surface area contributed by atoms with Crippen LogP contribution >= 0.6 is 22.7 Å². The molecule has 3 nitrogen and oxygen atoms in total. The number of hydrogen-bond donors (Lipinski definition) is 0. The maximum absolute atomic E-state index is 5.29. The maximum atomic E-state index is 5.29. The van der Waals surface area contributed by atoms with E-state index in [1.807, 2.05) is 46.9 Å². The van der Waals surface area contributed by atoms with E-state index in [0.29, 0.717) is 5.82 Å². The van der Waals surface area contributed by atoms with Gasteiger partial charge < -0.3 is 0 Å². The van der Waals surface area contributed by atoms with Gasteiger partial charge in [-0.05, 0) is 36.4 Å². The van der Waals surface area contributed by atoms with Crippen molar-refractivity contribution < 1.29 is 0 Å². The predicted octanol–water partition coefficient (Wildman–Crippen LogP) is 11.6. The second-order valence-corrected chi connectivity index (χ2v) is 13.5. The highest BCUT2D eigenvalue weighted by Crippen LogP contribution is 2.48. The Morgan fingerprint density at radius 2 is 0.933 bits per heavy atom. The van der Waals surface area contributed by atoms with Crippen molar-refractivity contribution in [3.05, 3.63) is 140 Å². The van der Waals surface area contributed by atoms with Crippen LogP contribution in [0.1, 0.15) is 0 Å². The third-order valence-corrected chi connectivity index (χ3v) is 11.1. The Balaban J connectivity index is 1.42. The molecular weight excluding hydrogens is 587 g/mol. The number of hydrogen-bond acceptors (Lipinski definition) is 4. The fraction of sp³-hybridized carbons (Fsp3) is 0. The van der Waals surface area contributed by atoms with Crippen LogP contribution in [0.25, 0.3) is 90.6 Å². The van der Waals surface area contributed by atoms with Crippen molar-refractivity contribution >= 4 is 84.8 Å². The van der Waals surface area contributed by atoms with E-state index < -0.39 is 0 Å². The number of nitrogens with zero attached hydrogens (tertiary/aromatic N) is 3. The van der Waals surface area contributed by atoms with Crippen LogP contribution < -0.4 is 0 Å². The Morgan fingerprint density at radius 3 is 1.51 bits per heavy atom. The number of rotatable bonds is 3. The summed E-state index contributed by atoms with van der Waals surface area (Å²) >= 11 is 3.74. The van der Waals surface area contributed by atoms with Gasteiger partial charge in [-0.15, -0.1) is 22.7 Å². The average molecular weight is 610 g/mol. The van der Waals surface area contributed by atoms with Crippen molar-refractivity contribution in [2.75, 3.05) is 0 Å². The zero-order chi connectivity index (χ0) is 29.5. The molecule has 0 radical (unpaired) electrons. The second kappa shape index (κ2) is 9.57. The molecule has 0 saturated heterocycles. The van der Waals surface area contributed by atoms with Gasteiger partial charge in [0.25, 0.3) is 0 Å². The van der Waals surface area contributed by atoms with Crippen LogP contribution in [-0.2, 0) is 0 Å². The largest absolute Gasteiger partial charge is 0.294 e. The Labute approximate surface area is 266 Å². The molecule has 0 aliphatic rings. The lowest BCUT2D eigenvalue weighted by atomic mass is 10.0. The quantitative estimate of drug-likeness (QED) is 0.199. The van der Waals surface area contributed by atoms with Crippen LogP contribution in [0.5, 0.6) is 0 Å². The molecule has 5 heteroatoms. The standard InChI is InChI=1S/C40H23N3S2/c1-3-11-24(12-4-1)28-23-35(42-40(41-28)25-13-5-2-6-14-25)43-29-19-21-33-36(26-15-7-9-17-31(26)44-33)38(29)39-30(43)20-22-34-37(39)27-16-8-10-18-32(27)45-34/h1-23H. The third-order valence-electron chi connectivity index (χ3n) is 8.82. The summed E-state index contributed by atoms with van der Waals surface area (Å²) in [4.78, 5) is 10.4. The summed E-state index contributed by atoms with van der Waals surface area (Å²) in [6.45, 7) is 0. The van der Waals surface area contributed by atoms with Crippen LogP contribution in [0.3, 0.4) is 0 Å². The number of benzene rings is 6. The molecule has 0 aliphatic carbocycles. The summed E-state index contributed by atoms with van der Waals surface area (Å²) in [6, 6.07) is 49.6. The maximum Gasteiger partial charge on any atom is 0.162 e. The van der Waals surface area contributed by atoms with Gasteiger partial charge in [0, 0.05) is 68.3 Å². The minimum Gasteiger partial charge on any atom is -0.294 e. The van der Waals surface area contributed by atoms with Crippen LogP contribution in [0.4, 0.5) is 0 Å². The lowest BCUT2D eigenvalue weighted by molar-refractivity contribution is 1.05. The lowest BCUT2D eigenvalue weighted by Gasteiger charge is -2.12. The highest BCUT2D eigenvalue weighted by atomic mass is 32.1. The topological polar surface area (TPSA) is 30.7 Å². The summed E-state index contributed by atoms with van der Waals surface area (Å²) in [5.41, 5.74) is 5.27. The summed E-state index contributed by atoms with van der Waals surface area (Å²) in [5.74, 6) is 1.58. The Kier molecular flexibility index (Phi) is 5.32. The molecule has 0 fully saturated rings. The third kappa shape index (κ3) is 3.69. The molecule has 0 atom stereocenters. The molecule has 0 saturated carbocycles. The fourth-order valence-electron chi connectivity index (χ4n) is 6.89. The molecule has 0 spiro atoms. The van der Waals surface area contributed by atoms with Gasteiger partial charge in [-0.25, -0.2) is 9.97 Å². The van der Waals surface area contributed by atoms with Crippen molar-refractivity contribution in [2.24, 2.45) is 0 Å². The van der Waals surface area contributed by atoms with E-state index in [-0.39, 0.29) is 0 Å². The van der Waals surface area contributed by atoms with Crippen LogP contribution in [-0.4, -0.2) is 14.5 Å². The van der Waals surface area contributed by atoms with Gasteiger partial charge in [-0.2, -0.15) is 0 Å². The van der Waals surface area contributed by atoms with Gasteiger partial charge in [-0.3, -0.25) is 4.57 Å². The van der Waals surface area contributed by atoms with E-state index in [9.17, 15) is 0 Å². The molecule has 0 aliphatic heterocycles. The second-order valence-electron chi connectivity index (χ2n) is 11.4. The minimum atomic E-state index is 0.714. The molecule has 4 heterocycles. The van der Waals surface area contributed by atoms with E-state index in [0.717, 1.165) is 33.7 Å². The Hall–Kier alpha value is -5.36. The van der Waals surface area contributed by atoms with E-state index in [4.69, 9.17) is 9.97 Å². The number of fused-ring (bicyclic) bond motifs is 11. The fourth-order valence-corrected chi connectivity index (χ4v) is 9.12. The van der Waals surface area contributed by atoms with E-state index >= 15 is 0 Å². The normalized spacial score (nSPS) is 12.0. The van der Waals surface area contributed by atoms with Crippen molar-refractivity contribution in [1.29, 1.82) is 0 Å². The molecule has 45 heavy (non-hydrogen) atoms. The minimum absolute atomic E-state index is 0.714. The molecule has 4 aromatic heterocycles. The Bertz CT molecular complexity index is 2570. The van der Waals surface area contributed by atoms with Crippen molar-refractivity contribution in [3.63, 3.8) is 0 Å². The monoisotopic (exact) mass is 609 g/mol. The molecule has 0 amide bonds. The predicted molar refractivity (Wildman–Crippen MR) is 193 cm³/mol. The molecular formula is C40H23N3S2. The van der Waals surface area contributed by atoms with Crippen molar-refractivity contribution in [3.8, 4) is 28.5 Å². The van der Waals surface area contributed by atoms with Crippen molar-refractivity contribution in [1.82, 2.24) is 14.5 Å². The summed E-state index contributed by atoms with van der Waals surface area (Å²) in [5, 5.41) is 7.82. The summed E-state index contributed by atoms with van der Waals surface area (Å²) < 4.78 is 7.59. The molecule has 0 N–H and O–H groups in total. The van der Waals surface area contributed by atoms with Gasteiger partial charge in [0.2, 0.25) is 0 Å². The van der Waals surface area contributed by atoms with Gasteiger partial charge in [-0.1, -0.05) is 97.1 Å². The molecule has 10 aromatic rings.